The number of carbonyl (C=O) groups excluding carboxylic acids is 2. The maximum atomic E-state index is 13.1. The van der Waals surface area contributed by atoms with Crippen LogP contribution in [-0.2, 0) is 9.59 Å². The SMILES string of the molecule is Cc1cccc(N2C(=O)/C(=C3\SC(=S)N(c4cccc(C)c4)C3=O)SC2=S)c1. The van der Waals surface area contributed by atoms with Crippen molar-refractivity contribution in [2.45, 2.75) is 13.8 Å². The third-order valence-electron chi connectivity index (χ3n) is 4.26. The minimum Gasteiger partial charge on any atom is -0.268 e. The van der Waals surface area contributed by atoms with Crippen LogP contribution in [0.2, 0.25) is 0 Å². The highest BCUT2D eigenvalue weighted by Gasteiger charge is 2.43. The largest absolute Gasteiger partial charge is 0.272 e. The Balaban J connectivity index is 1.72. The monoisotopic (exact) mass is 442 g/mol. The van der Waals surface area contributed by atoms with Gasteiger partial charge < -0.3 is 0 Å². The molecule has 8 heteroatoms. The van der Waals surface area contributed by atoms with Crippen LogP contribution in [0.15, 0.2) is 58.3 Å². The van der Waals surface area contributed by atoms with E-state index >= 15 is 0 Å². The Morgan fingerprint density at radius 3 is 1.46 bits per heavy atom. The van der Waals surface area contributed by atoms with Gasteiger partial charge >= 0.3 is 0 Å². The number of hydrogen-bond acceptors (Lipinski definition) is 6. The summed E-state index contributed by atoms with van der Waals surface area (Å²) in [5, 5.41) is 0. The molecule has 2 saturated heterocycles. The van der Waals surface area contributed by atoms with Gasteiger partial charge in [-0.3, -0.25) is 19.4 Å². The Kier molecular flexibility index (Phi) is 5.13. The quantitative estimate of drug-likeness (QED) is 0.484. The fraction of sp³-hybridized carbons (Fsp3) is 0.100. The molecule has 2 aliphatic rings. The molecule has 2 aliphatic heterocycles. The van der Waals surface area contributed by atoms with Crippen LogP contribution in [0.5, 0.6) is 0 Å². The van der Waals surface area contributed by atoms with E-state index in [1.807, 2.05) is 62.4 Å². The molecule has 4 nitrogen and oxygen atoms in total. The first-order valence-corrected chi connectivity index (χ1v) is 10.8. The van der Waals surface area contributed by atoms with Gasteiger partial charge in [0, 0.05) is 0 Å². The van der Waals surface area contributed by atoms with E-state index in [4.69, 9.17) is 24.4 Å². The van der Waals surface area contributed by atoms with Gasteiger partial charge in [-0.1, -0.05) is 72.2 Å². The predicted octanol–water partition coefficient (Wildman–Crippen LogP) is 4.94. The molecule has 0 N–H and O–H groups in total. The molecular weight excluding hydrogens is 429 g/mol. The molecular formula is C20H14N2O2S4. The van der Waals surface area contributed by atoms with E-state index in [1.165, 1.54) is 9.80 Å². The molecule has 2 heterocycles. The number of thiocarbonyl (C=S) groups is 2. The van der Waals surface area contributed by atoms with Crippen molar-refractivity contribution in [1.82, 2.24) is 0 Å². The number of anilines is 2. The summed E-state index contributed by atoms with van der Waals surface area (Å²) in [5.74, 6) is -0.573. The summed E-state index contributed by atoms with van der Waals surface area (Å²) < 4.78 is 0.817. The average Bonchev–Trinajstić information content (AvgIpc) is 3.10. The maximum absolute atomic E-state index is 13.1. The van der Waals surface area contributed by atoms with E-state index in [1.54, 1.807) is 0 Å². The van der Waals surface area contributed by atoms with Gasteiger partial charge in [0.1, 0.15) is 0 Å². The molecule has 0 atom stereocenters. The zero-order valence-electron chi connectivity index (χ0n) is 15.0. The summed E-state index contributed by atoms with van der Waals surface area (Å²) in [4.78, 5) is 29.8. The summed E-state index contributed by atoms with van der Waals surface area (Å²) in [7, 11) is 0. The molecule has 2 fully saturated rings. The summed E-state index contributed by atoms with van der Waals surface area (Å²) in [5.41, 5.74) is 3.45. The fourth-order valence-corrected chi connectivity index (χ4v) is 5.74. The summed E-state index contributed by atoms with van der Waals surface area (Å²) in [6.45, 7) is 3.91. The molecule has 2 amide bonds. The lowest BCUT2D eigenvalue weighted by molar-refractivity contribution is -0.115. The number of thioether (sulfide) groups is 2. The normalized spacial score (nSPS) is 19.9. The van der Waals surface area contributed by atoms with E-state index in [-0.39, 0.29) is 11.8 Å². The minimum absolute atomic E-state index is 0.287. The van der Waals surface area contributed by atoms with Crippen LogP contribution in [-0.4, -0.2) is 20.5 Å². The first-order chi connectivity index (χ1) is 13.4. The number of carbonyl (C=O) groups is 2. The van der Waals surface area contributed by atoms with Gasteiger partial charge in [0.25, 0.3) is 11.8 Å². The molecule has 0 radical (unpaired) electrons. The first-order valence-electron chi connectivity index (χ1n) is 8.37. The summed E-state index contributed by atoms with van der Waals surface area (Å²) in [6, 6.07) is 15.1. The molecule has 0 bridgehead atoms. The lowest BCUT2D eigenvalue weighted by Gasteiger charge is -2.15. The molecule has 0 saturated carbocycles. The Morgan fingerprint density at radius 2 is 1.11 bits per heavy atom. The zero-order chi connectivity index (χ0) is 20.0. The maximum Gasteiger partial charge on any atom is 0.272 e. The topological polar surface area (TPSA) is 40.6 Å². The van der Waals surface area contributed by atoms with Crippen LogP contribution in [0, 0.1) is 13.8 Å². The van der Waals surface area contributed by atoms with Gasteiger partial charge in [0.2, 0.25) is 0 Å². The number of amides is 2. The van der Waals surface area contributed by atoms with Crippen molar-refractivity contribution in [2.75, 3.05) is 9.80 Å². The molecule has 2 aromatic carbocycles. The first kappa shape index (κ1) is 19.3. The van der Waals surface area contributed by atoms with E-state index in [0.29, 0.717) is 29.8 Å². The highest BCUT2D eigenvalue weighted by molar-refractivity contribution is 8.30. The Bertz CT molecular complexity index is 1010. The number of rotatable bonds is 2. The van der Waals surface area contributed by atoms with Crippen LogP contribution in [0.4, 0.5) is 11.4 Å². The van der Waals surface area contributed by atoms with Gasteiger partial charge in [-0.25, -0.2) is 0 Å². The van der Waals surface area contributed by atoms with Crippen molar-refractivity contribution in [1.29, 1.82) is 0 Å². The Hall–Kier alpha value is -2.00. The predicted molar refractivity (Wildman–Crippen MR) is 125 cm³/mol. The van der Waals surface area contributed by atoms with Crippen LogP contribution < -0.4 is 9.80 Å². The third-order valence-corrected chi connectivity index (χ3v) is 7.14. The molecule has 0 spiro atoms. The van der Waals surface area contributed by atoms with Crippen molar-refractivity contribution in [3.63, 3.8) is 0 Å². The number of aryl methyl sites for hydroxylation is 2. The van der Waals surface area contributed by atoms with Crippen molar-refractivity contribution in [2.24, 2.45) is 0 Å². The molecule has 4 rings (SSSR count). The van der Waals surface area contributed by atoms with Gasteiger partial charge in [0.15, 0.2) is 8.64 Å². The molecule has 0 aliphatic carbocycles. The molecule has 2 aromatic rings. The van der Waals surface area contributed by atoms with Crippen molar-refractivity contribution < 1.29 is 9.59 Å². The second-order valence-electron chi connectivity index (χ2n) is 6.35. The van der Waals surface area contributed by atoms with E-state index in [9.17, 15) is 9.59 Å². The molecule has 0 aromatic heterocycles. The number of nitrogens with zero attached hydrogens (tertiary/aromatic N) is 2. The van der Waals surface area contributed by atoms with E-state index in [2.05, 4.69) is 0 Å². The summed E-state index contributed by atoms with van der Waals surface area (Å²) in [6.07, 6.45) is 0. The van der Waals surface area contributed by atoms with Crippen LogP contribution >= 0.6 is 48.0 Å². The van der Waals surface area contributed by atoms with Crippen molar-refractivity contribution in [3.05, 3.63) is 69.5 Å². The zero-order valence-corrected chi connectivity index (χ0v) is 18.2. The highest BCUT2D eigenvalue weighted by atomic mass is 32.2. The third kappa shape index (κ3) is 3.30. The average molecular weight is 443 g/mol. The summed E-state index contributed by atoms with van der Waals surface area (Å²) >= 11 is 13.2. The number of benzene rings is 2. The van der Waals surface area contributed by atoms with Gasteiger partial charge in [0.05, 0.1) is 21.2 Å². The van der Waals surface area contributed by atoms with Crippen molar-refractivity contribution >= 4 is 79.8 Å². The molecule has 0 unspecified atom stereocenters. The van der Waals surface area contributed by atoms with E-state index in [0.717, 1.165) is 34.7 Å². The lowest BCUT2D eigenvalue weighted by atomic mass is 10.2. The van der Waals surface area contributed by atoms with Crippen LogP contribution in [0.3, 0.4) is 0 Å². The van der Waals surface area contributed by atoms with Gasteiger partial charge in [-0.15, -0.1) is 0 Å². The number of hydrogen-bond donors (Lipinski definition) is 0. The van der Waals surface area contributed by atoms with Crippen LogP contribution in [0.25, 0.3) is 0 Å². The highest BCUT2D eigenvalue weighted by Crippen LogP contribution is 2.44. The molecule has 140 valence electrons. The minimum atomic E-state index is -0.287. The van der Waals surface area contributed by atoms with Crippen LogP contribution in [0.1, 0.15) is 11.1 Å². The van der Waals surface area contributed by atoms with E-state index < -0.39 is 0 Å². The molecule has 28 heavy (non-hydrogen) atoms. The van der Waals surface area contributed by atoms with Crippen molar-refractivity contribution in [3.8, 4) is 0 Å². The Morgan fingerprint density at radius 1 is 0.714 bits per heavy atom. The fourth-order valence-electron chi connectivity index (χ4n) is 2.99. The standard InChI is InChI=1S/C20H14N2O2S4/c1-11-5-3-7-13(9-11)21-17(23)15(27-19(21)25)16-18(24)22(20(26)28-16)14-8-4-6-12(2)10-14/h3-10H,1-2H3/b16-15+. The second-order valence-corrected chi connectivity index (χ2v) is 9.64. The second kappa shape index (κ2) is 7.44. The lowest BCUT2D eigenvalue weighted by Crippen LogP contribution is -2.29. The Labute approximate surface area is 182 Å². The smallest absolute Gasteiger partial charge is 0.268 e. The van der Waals surface area contributed by atoms with Gasteiger partial charge in [-0.05, 0) is 49.2 Å². The van der Waals surface area contributed by atoms with Gasteiger partial charge in [-0.2, -0.15) is 0 Å².